The Morgan fingerprint density at radius 2 is 1.86 bits per heavy atom. The molecule has 0 spiro atoms. The number of hydrogen-bond acceptors (Lipinski definition) is 7. The van der Waals surface area contributed by atoms with E-state index in [4.69, 9.17) is 9.84 Å². The summed E-state index contributed by atoms with van der Waals surface area (Å²) >= 11 is 0. The first-order valence-electron chi connectivity index (χ1n) is 16.5. The van der Waals surface area contributed by atoms with Gasteiger partial charge in [-0.05, 0) is 94.9 Å². The van der Waals surface area contributed by atoms with Crippen molar-refractivity contribution in [2.75, 3.05) is 47.9 Å². The highest BCUT2D eigenvalue weighted by atomic mass is 19.4. The van der Waals surface area contributed by atoms with E-state index in [1.165, 1.54) is 13.1 Å². The molecule has 0 radical (unpaired) electrons. The molecule has 2 aromatic carbocycles. The molecule has 2 aliphatic rings. The van der Waals surface area contributed by atoms with Crippen molar-refractivity contribution >= 4 is 25.8 Å². The zero-order valence-corrected chi connectivity index (χ0v) is 30.3. The minimum Gasteiger partial charge on any atom is -0.496 e. The van der Waals surface area contributed by atoms with Crippen molar-refractivity contribution in [3.05, 3.63) is 86.2 Å². The minimum atomic E-state index is -4.73. The van der Waals surface area contributed by atoms with Crippen LogP contribution in [0.15, 0.2) is 58.2 Å². The van der Waals surface area contributed by atoms with Crippen LogP contribution < -0.4 is 26.2 Å². The van der Waals surface area contributed by atoms with E-state index in [9.17, 15) is 26.7 Å². The van der Waals surface area contributed by atoms with Crippen molar-refractivity contribution in [1.29, 1.82) is 0 Å². The van der Waals surface area contributed by atoms with Gasteiger partial charge in [-0.3, -0.25) is 9.79 Å². The normalized spacial score (nSPS) is 16.8. The topological polar surface area (TPSA) is 100 Å². The fourth-order valence-corrected chi connectivity index (χ4v) is 5.36. The highest BCUT2D eigenvalue weighted by Gasteiger charge is 2.51. The number of carbonyl (C=O) groups excluding carboxylic acids is 1. The van der Waals surface area contributed by atoms with Gasteiger partial charge < -0.3 is 25.8 Å². The molecule has 7 nitrogen and oxygen atoms in total. The summed E-state index contributed by atoms with van der Waals surface area (Å²) in [6.45, 7) is 14.9. The van der Waals surface area contributed by atoms with Crippen LogP contribution in [0.1, 0.15) is 61.5 Å². The number of nitrogens with zero attached hydrogens (tertiary/aromatic N) is 2. The van der Waals surface area contributed by atoms with Gasteiger partial charge in [0, 0.05) is 66.5 Å². The predicted molar refractivity (Wildman–Crippen MR) is 193 cm³/mol. The SMILES string of the molecule is C=N/C(=C\C1=C(Cc2ccc(F)c(C(F)(F)F)c2)[C@H]1C)C(CNC)C1(F)CC1.C=c1c(OC)cc(C=O)c/c1=C/N(C)CCC.CCO.CN. The lowest BCUT2D eigenvalue weighted by Gasteiger charge is -2.20. The Balaban J connectivity index is 0.000000486. The van der Waals surface area contributed by atoms with E-state index >= 15 is 0 Å². The average molecular weight is 709 g/mol. The van der Waals surface area contributed by atoms with Gasteiger partial charge in [-0.2, -0.15) is 13.2 Å². The van der Waals surface area contributed by atoms with E-state index < -0.39 is 29.1 Å². The van der Waals surface area contributed by atoms with Crippen molar-refractivity contribution < 1.29 is 36.6 Å². The van der Waals surface area contributed by atoms with Crippen molar-refractivity contribution in [1.82, 2.24) is 10.2 Å². The van der Waals surface area contributed by atoms with E-state index in [1.807, 2.05) is 32.3 Å². The van der Waals surface area contributed by atoms with Crippen LogP contribution in [0.4, 0.5) is 22.0 Å². The number of alkyl halides is 4. The molecule has 278 valence electrons. The maximum absolute atomic E-state index is 14.7. The second-order valence-electron chi connectivity index (χ2n) is 11.9. The number of rotatable bonds is 13. The lowest BCUT2D eigenvalue weighted by atomic mass is 9.96. The molecule has 0 bridgehead atoms. The number of benzene rings is 2. The number of aliphatic hydroxyl groups is 1. The third-order valence-electron chi connectivity index (χ3n) is 8.17. The summed E-state index contributed by atoms with van der Waals surface area (Å²) in [4.78, 5) is 17.0. The van der Waals surface area contributed by atoms with Gasteiger partial charge in [-0.15, -0.1) is 0 Å². The standard InChI is InChI=1S/C21H23F5N2.C14H19NO2.C2H6O.CH5N/c1-12-14(8-13-4-5-18(22)16(9-13)21(24,25)26)15(12)10-19(28-3)17(11-27-2)20(23)6-7-20;1-5-6-15(3)9-13-7-12(10-16)8-14(17-4)11(13)2;1-2-3;1-2/h4-5,9-10,12,17,27H,3,6-8,11H2,1-2H3;7-10H,2,5-6H2,1,3-4H3;3H,2H2,1H3;2H2,1H3/b19-10-;13-9-;;/t12-,17?;;;/m1.../s1. The molecule has 1 unspecified atom stereocenters. The first-order valence-corrected chi connectivity index (χ1v) is 16.5. The number of aldehydes is 1. The van der Waals surface area contributed by atoms with Gasteiger partial charge in [-0.25, -0.2) is 8.78 Å². The van der Waals surface area contributed by atoms with Crippen LogP contribution in [0.25, 0.3) is 12.8 Å². The monoisotopic (exact) mass is 708 g/mol. The van der Waals surface area contributed by atoms with Crippen LogP contribution >= 0.6 is 0 Å². The van der Waals surface area contributed by atoms with Crippen LogP contribution in [-0.2, 0) is 12.6 Å². The summed E-state index contributed by atoms with van der Waals surface area (Å²) in [5.74, 6) is -0.967. The van der Waals surface area contributed by atoms with Gasteiger partial charge in [0.1, 0.15) is 23.5 Å². The molecule has 1 saturated carbocycles. The van der Waals surface area contributed by atoms with Crippen molar-refractivity contribution in [2.45, 2.75) is 58.3 Å². The van der Waals surface area contributed by atoms with Crippen molar-refractivity contribution in [3.8, 4) is 5.75 Å². The Labute approximate surface area is 293 Å². The molecule has 2 aromatic rings. The summed E-state index contributed by atoms with van der Waals surface area (Å²) in [6, 6.07) is 6.59. The van der Waals surface area contributed by atoms with Gasteiger partial charge in [0.05, 0.1) is 12.7 Å². The van der Waals surface area contributed by atoms with Crippen LogP contribution in [0.3, 0.4) is 0 Å². The van der Waals surface area contributed by atoms with Crippen LogP contribution in [0.5, 0.6) is 5.75 Å². The summed E-state index contributed by atoms with van der Waals surface area (Å²) in [5, 5.41) is 12.3. The molecule has 0 saturated heterocycles. The molecule has 0 aliphatic heterocycles. The van der Waals surface area contributed by atoms with E-state index in [-0.39, 0.29) is 18.9 Å². The maximum atomic E-state index is 14.7. The fourth-order valence-electron chi connectivity index (χ4n) is 5.36. The Morgan fingerprint density at radius 3 is 2.34 bits per heavy atom. The molecule has 2 atom stereocenters. The second-order valence-corrected chi connectivity index (χ2v) is 11.9. The summed E-state index contributed by atoms with van der Waals surface area (Å²) in [7, 11) is 6.83. The van der Waals surface area contributed by atoms with Crippen molar-refractivity contribution in [3.63, 3.8) is 0 Å². The number of aliphatic imine (C=N–C) groups is 1. The quantitative estimate of drug-likeness (QED) is 0.138. The number of nitrogens with two attached hydrogens (primary N) is 1. The zero-order valence-electron chi connectivity index (χ0n) is 30.3. The van der Waals surface area contributed by atoms with Gasteiger partial charge >= 0.3 is 6.18 Å². The number of aliphatic hydroxyl groups excluding tert-OH is 1. The molecule has 0 amide bonds. The Bertz CT molecular complexity index is 1590. The smallest absolute Gasteiger partial charge is 0.419 e. The maximum Gasteiger partial charge on any atom is 0.419 e. The number of nitrogens with one attached hydrogen (secondary N) is 1. The molecular weight excluding hydrogens is 655 g/mol. The number of carbonyl (C=O) groups is 1. The molecular formula is C38H53F5N4O3. The lowest BCUT2D eigenvalue weighted by Crippen LogP contribution is -2.29. The minimum absolute atomic E-state index is 0.0705. The Morgan fingerprint density at radius 1 is 1.24 bits per heavy atom. The zero-order chi connectivity index (χ0) is 38.2. The number of halogens is 5. The van der Waals surface area contributed by atoms with E-state index in [0.29, 0.717) is 42.0 Å². The molecule has 4 N–H and O–H groups in total. The summed E-state index contributed by atoms with van der Waals surface area (Å²) in [5.41, 5.74) is 5.41. The van der Waals surface area contributed by atoms with Crippen LogP contribution in [0.2, 0.25) is 0 Å². The lowest BCUT2D eigenvalue weighted by molar-refractivity contribution is -0.140. The van der Waals surface area contributed by atoms with E-state index in [0.717, 1.165) is 53.0 Å². The Kier molecular flexibility index (Phi) is 18.3. The first kappa shape index (κ1) is 44.2. The van der Waals surface area contributed by atoms with Crippen molar-refractivity contribution in [2.24, 2.45) is 22.6 Å². The molecule has 1 fully saturated rings. The van der Waals surface area contributed by atoms with Gasteiger partial charge in [-0.1, -0.05) is 32.1 Å². The number of ether oxygens (including phenoxy) is 1. The first-order chi connectivity index (χ1) is 23.6. The largest absolute Gasteiger partial charge is 0.496 e. The highest BCUT2D eigenvalue weighted by Crippen LogP contribution is 2.51. The Hall–Kier alpha value is -3.87. The average Bonchev–Trinajstić information content (AvgIpc) is 3.98. The number of hydrogen-bond donors (Lipinski definition) is 3. The molecule has 0 aromatic heterocycles. The van der Waals surface area contributed by atoms with E-state index in [2.05, 4.69) is 41.2 Å². The van der Waals surface area contributed by atoms with Gasteiger partial charge in [0.2, 0.25) is 0 Å². The van der Waals surface area contributed by atoms with Gasteiger partial charge in [0.15, 0.2) is 0 Å². The molecule has 12 heteroatoms. The van der Waals surface area contributed by atoms with Crippen LogP contribution in [-0.4, -0.2) is 76.6 Å². The van der Waals surface area contributed by atoms with Gasteiger partial charge in [0.25, 0.3) is 0 Å². The fraction of sp³-hybridized carbons (Fsp3) is 0.474. The third-order valence-corrected chi connectivity index (χ3v) is 8.17. The summed E-state index contributed by atoms with van der Waals surface area (Å²) < 4.78 is 72.1. The van der Waals surface area contributed by atoms with Crippen LogP contribution in [0, 0.1) is 17.7 Å². The highest BCUT2D eigenvalue weighted by molar-refractivity contribution is 5.75. The number of methoxy groups -OCH3 is 1. The molecule has 2 aliphatic carbocycles. The summed E-state index contributed by atoms with van der Waals surface area (Å²) in [6.07, 6.45) is 2.23. The molecule has 0 heterocycles. The third kappa shape index (κ3) is 12.8. The molecule has 4 rings (SSSR count). The number of allylic oxidation sites excluding steroid dienone is 3. The predicted octanol–water partition coefficient (Wildman–Crippen LogP) is 5.83. The second kappa shape index (κ2) is 20.7. The van der Waals surface area contributed by atoms with E-state index in [1.54, 1.807) is 27.1 Å². The molecule has 50 heavy (non-hydrogen) atoms.